The van der Waals surface area contributed by atoms with Gasteiger partial charge in [0.05, 0.1) is 6.54 Å². The van der Waals surface area contributed by atoms with Crippen molar-refractivity contribution in [3.05, 3.63) is 23.0 Å². The quantitative estimate of drug-likeness (QED) is 0.665. The lowest BCUT2D eigenvalue weighted by atomic mass is 10.3. The van der Waals surface area contributed by atoms with Crippen LogP contribution in [0.4, 0.5) is 8.78 Å². The molecular formula is C9H11F2NO. The molecule has 0 aliphatic carbocycles. The lowest BCUT2D eigenvalue weighted by molar-refractivity contribution is 0.111. The van der Waals surface area contributed by atoms with Crippen molar-refractivity contribution in [2.45, 2.75) is 26.8 Å². The average Bonchev–Trinajstić information content (AvgIpc) is 2.31. The molecule has 0 saturated carbocycles. The third-order valence-corrected chi connectivity index (χ3v) is 2.06. The van der Waals surface area contributed by atoms with E-state index in [2.05, 4.69) is 0 Å². The Balaban J connectivity index is 3.05. The van der Waals surface area contributed by atoms with Gasteiger partial charge in [0.1, 0.15) is 0 Å². The van der Waals surface area contributed by atoms with Crippen LogP contribution in [0.1, 0.15) is 21.7 Å². The third kappa shape index (κ3) is 1.94. The Morgan fingerprint density at radius 1 is 1.54 bits per heavy atom. The van der Waals surface area contributed by atoms with Gasteiger partial charge in [-0.15, -0.1) is 0 Å². The van der Waals surface area contributed by atoms with Crippen LogP contribution in [-0.4, -0.2) is 17.3 Å². The van der Waals surface area contributed by atoms with Crippen molar-refractivity contribution in [1.29, 1.82) is 0 Å². The van der Waals surface area contributed by atoms with E-state index < -0.39 is 6.43 Å². The van der Waals surface area contributed by atoms with E-state index in [4.69, 9.17) is 0 Å². The van der Waals surface area contributed by atoms with E-state index in [1.807, 2.05) is 0 Å². The summed E-state index contributed by atoms with van der Waals surface area (Å²) in [7, 11) is 0. The van der Waals surface area contributed by atoms with Gasteiger partial charge in [-0.3, -0.25) is 4.79 Å². The zero-order valence-electron chi connectivity index (χ0n) is 7.55. The van der Waals surface area contributed by atoms with Gasteiger partial charge in [-0.05, 0) is 19.9 Å². The number of hydrogen-bond acceptors (Lipinski definition) is 1. The Morgan fingerprint density at radius 3 is 2.54 bits per heavy atom. The Labute approximate surface area is 75.2 Å². The second kappa shape index (κ2) is 3.68. The van der Waals surface area contributed by atoms with Crippen LogP contribution in [0, 0.1) is 13.8 Å². The molecule has 1 rings (SSSR count). The fourth-order valence-corrected chi connectivity index (χ4v) is 1.37. The lowest BCUT2D eigenvalue weighted by Gasteiger charge is -2.07. The van der Waals surface area contributed by atoms with Gasteiger partial charge in [0.25, 0.3) is 6.43 Å². The predicted molar refractivity (Wildman–Crippen MR) is 45.3 cm³/mol. The molecule has 1 aromatic heterocycles. The average molecular weight is 187 g/mol. The number of alkyl halides is 2. The largest absolute Gasteiger partial charge is 0.343 e. The Kier molecular flexibility index (Phi) is 2.80. The first-order valence-electron chi connectivity index (χ1n) is 3.96. The van der Waals surface area contributed by atoms with Crippen LogP contribution in [0.5, 0.6) is 0 Å². The summed E-state index contributed by atoms with van der Waals surface area (Å²) in [5, 5.41) is 0. The number of aromatic nitrogens is 1. The van der Waals surface area contributed by atoms with E-state index in [0.29, 0.717) is 23.2 Å². The predicted octanol–water partition coefficient (Wildman–Crippen LogP) is 2.18. The molecule has 0 aliphatic rings. The highest BCUT2D eigenvalue weighted by atomic mass is 19.3. The van der Waals surface area contributed by atoms with E-state index in [1.54, 1.807) is 19.9 Å². The van der Waals surface area contributed by atoms with Crippen LogP contribution in [-0.2, 0) is 6.54 Å². The smallest absolute Gasteiger partial charge is 0.256 e. The summed E-state index contributed by atoms with van der Waals surface area (Å²) in [5.74, 6) is 0. The van der Waals surface area contributed by atoms with Crippen molar-refractivity contribution in [3.8, 4) is 0 Å². The minimum Gasteiger partial charge on any atom is -0.343 e. The molecule has 0 N–H and O–H groups in total. The molecule has 0 atom stereocenters. The van der Waals surface area contributed by atoms with Gasteiger partial charge < -0.3 is 4.57 Å². The molecule has 1 heterocycles. The van der Waals surface area contributed by atoms with Gasteiger partial charge in [-0.25, -0.2) is 8.78 Å². The van der Waals surface area contributed by atoms with Crippen molar-refractivity contribution in [2.75, 3.05) is 0 Å². The summed E-state index contributed by atoms with van der Waals surface area (Å²) >= 11 is 0. The summed E-state index contributed by atoms with van der Waals surface area (Å²) in [6.07, 6.45) is -1.70. The molecule has 0 bridgehead atoms. The van der Waals surface area contributed by atoms with E-state index in [9.17, 15) is 13.6 Å². The summed E-state index contributed by atoms with van der Waals surface area (Å²) in [6.45, 7) is 3.03. The van der Waals surface area contributed by atoms with Crippen molar-refractivity contribution < 1.29 is 13.6 Å². The SMILES string of the molecule is Cc1cc(C=O)c(C)n1CC(F)F. The van der Waals surface area contributed by atoms with Gasteiger partial charge in [0.2, 0.25) is 0 Å². The zero-order valence-corrected chi connectivity index (χ0v) is 7.55. The first-order valence-corrected chi connectivity index (χ1v) is 3.96. The van der Waals surface area contributed by atoms with Crippen molar-refractivity contribution in [3.63, 3.8) is 0 Å². The normalized spacial score (nSPS) is 10.8. The molecule has 0 saturated heterocycles. The first-order chi connectivity index (χ1) is 6.06. The number of carbonyl (C=O) groups is 1. The maximum Gasteiger partial charge on any atom is 0.256 e. The summed E-state index contributed by atoms with van der Waals surface area (Å²) in [4.78, 5) is 10.5. The minimum atomic E-state index is -2.38. The van der Waals surface area contributed by atoms with Crippen LogP contribution in [0.3, 0.4) is 0 Å². The Hall–Kier alpha value is -1.19. The number of nitrogens with zero attached hydrogens (tertiary/aromatic N) is 1. The standard InChI is InChI=1S/C9H11F2NO/c1-6-3-8(5-13)7(2)12(6)4-9(10)11/h3,5,9H,4H2,1-2H3. The molecule has 0 aliphatic heterocycles. The third-order valence-electron chi connectivity index (χ3n) is 2.06. The topological polar surface area (TPSA) is 22.0 Å². The molecule has 2 nitrogen and oxygen atoms in total. The van der Waals surface area contributed by atoms with E-state index in [-0.39, 0.29) is 6.54 Å². The fourth-order valence-electron chi connectivity index (χ4n) is 1.37. The maximum atomic E-state index is 12.1. The van der Waals surface area contributed by atoms with Crippen molar-refractivity contribution in [1.82, 2.24) is 4.57 Å². The number of carbonyl (C=O) groups excluding carboxylic acids is 1. The highest BCUT2D eigenvalue weighted by molar-refractivity contribution is 5.77. The van der Waals surface area contributed by atoms with E-state index in [0.717, 1.165) is 0 Å². The van der Waals surface area contributed by atoms with Crippen LogP contribution in [0.15, 0.2) is 6.07 Å². The summed E-state index contributed by atoms with van der Waals surface area (Å²) < 4.78 is 25.6. The number of hydrogen-bond donors (Lipinski definition) is 0. The Morgan fingerprint density at radius 2 is 2.15 bits per heavy atom. The number of aryl methyl sites for hydroxylation is 1. The maximum absolute atomic E-state index is 12.1. The van der Waals surface area contributed by atoms with Gasteiger partial charge >= 0.3 is 0 Å². The number of halogens is 2. The first kappa shape index (κ1) is 9.89. The molecule has 0 unspecified atom stereocenters. The second-order valence-electron chi connectivity index (χ2n) is 2.95. The molecule has 0 radical (unpaired) electrons. The van der Waals surface area contributed by atoms with E-state index >= 15 is 0 Å². The van der Waals surface area contributed by atoms with Crippen LogP contribution >= 0.6 is 0 Å². The molecule has 13 heavy (non-hydrogen) atoms. The summed E-state index contributed by atoms with van der Waals surface area (Å²) in [5.41, 5.74) is 1.78. The molecular weight excluding hydrogens is 176 g/mol. The number of aldehydes is 1. The monoisotopic (exact) mass is 187 g/mol. The molecule has 0 fully saturated rings. The molecule has 72 valence electrons. The van der Waals surface area contributed by atoms with Crippen LogP contribution < -0.4 is 0 Å². The molecule has 0 spiro atoms. The highest BCUT2D eigenvalue weighted by Crippen LogP contribution is 2.14. The lowest BCUT2D eigenvalue weighted by Crippen LogP contribution is -2.09. The second-order valence-corrected chi connectivity index (χ2v) is 2.95. The van der Waals surface area contributed by atoms with E-state index in [1.165, 1.54) is 4.57 Å². The summed E-state index contributed by atoms with van der Waals surface area (Å²) in [6, 6.07) is 1.62. The van der Waals surface area contributed by atoms with Gasteiger partial charge in [-0.1, -0.05) is 0 Å². The van der Waals surface area contributed by atoms with Gasteiger partial charge in [0, 0.05) is 17.0 Å². The molecule has 4 heteroatoms. The van der Waals surface area contributed by atoms with Crippen LogP contribution in [0.25, 0.3) is 0 Å². The minimum absolute atomic E-state index is 0.342. The highest BCUT2D eigenvalue weighted by Gasteiger charge is 2.11. The van der Waals surface area contributed by atoms with Crippen molar-refractivity contribution in [2.24, 2.45) is 0 Å². The molecule has 0 aromatic carbocycles. The number of rotatable bonds is 3. The van der Waals surface area contributed by atoms with Crippen molar-refractivity contribution >= 4 is 6.29 Å². The Bertz CT molecular complexity index is 318. The molecule has 1 aromatic rings. The molecule has 0 amide bonds. The zero-order chi connectivity index (χ0) is 10.0. The van der Waals surface area contributed by atoms with Gasteiger partial charge in [0.15, 0.2) is 6.29 Å². The van der Waals surface area contributed by atoms with Gasteiger partial charge in [-0.2, -0.15) is 0 Å². The van der Waals surface area contributed by atoms with Crippen LogP contribution in [0.2, 0.25) is 0 Å². The fraction of sp³-hybridized carbons (Fsp3) is 0.444.